The van der Waals surface area contributed by atoms with Gasteiger partial charge in [0.25, 0.3) is 5.91 Å². The Morgan fingerprint density at radius 2 is 1.45 bits per heavy atom. The average Bonchev–Trinajstić information content (AvgIpc) is 4.06. The first kappa shape index (κ1) is 60.2. The van der Waals surface area contributed by atoms with Crippen molar-refractivity contribution < 1.29 is 66.6 Å². The molecule has 22 nitrogen and oxygen atoms in total. The highest BCUT2D eigenvalue weighted by Gasteiger charge is 2.53. The number of ether oxygens (including phenoxy) is 9. The van der Waals surface area contributed by atoms with Crippen LogP contribution in [-0.4, -0.2) is 204 Å². The number of methoxy groups -OCH3 is 2. The number of carbonyl (C=O) groups is 5. The molecule has 8 rings (SSSR count). The van der Waals surface area contributed by atoms with E-state index >= 15 is 0 Å². The molecular formula is C56H72Cl2N8O14. The van der Waals surface area contributed by atoms with E-state index in [1.54, 1.807) is 69.0 Å². The summed E-state index contributed by atoms with van der Waals surface area (Å²) in [7, 11) is 3.16. The van der Waals surface area contributed by atoms with E-state index in [2.05, 4.69) is 10.6 Å². The third-order valence-corrected chi connectivity index (χ3v) is 14.8. The fourth-order valence-electron chi connectivity index (χ4n) is 10.3. The molecule has 1 spiro atoms. The van der Waals surface area contributed by atoms with Gasteiger partial charge in [0.1, 0.15) is 24.1 Å². The maximum absolute atomic E-state index is 14.5. The van der Waals surface area contributed by atoms with E-state index in [9.17, 15) is 24.0 Å². The Bertz CT molecular complexity index is 2810. The lowest BCUT2D eigenvalue weighted by Crippen LogP contribution is -2.70. The van der Waals surface area contributed by atoms with Crippen molar-refractivity contribution in [2.45, 2.75) is 63.3 Å². The van der Waals surface area contributed by atoms with Gasteiger partial charge >= 0.3 is 0 Å². The van der Waals surface area contributed by atoms with Crippen LogP contribution in [0, 0.1) is 0 Å². The number of hydrogen-bond acceptors (Lipinski definition) is 16. The van der Waals surface area contributed by atoms with Gasteiger partial charge in [0.05, 0.1) is 128 Å². The van der Waals surface area contributed by atoms with Crippen molar-refractivity contribution in [1.29, 1.82) is 0 Å². The van der Waals surface area contributed by atoms with Crippen molar-refractivity contribution in [3.05, 3.63) is 75.9 Å². The van der Waals surface area contributed by atoms with Gasteiger partial charge in [-0.3, -0.25) is 24.0 Å². The second-order valence-corrected chi connectivity index (χ2v) is 21.3. The van der Waals surface area contributed by atoms with Crippen LogP contribution in [0.5, 0.6) is 11.5 Å². The monoisotopic (exact) mass is 1150 g/mol. The molecule has 4 N–H and O–H groups in total. The number of aromatic nitrogens is 2. The molecule has 1 aromatic heterocycles. The maximum Gasteiger partial charge on any atom is 0.275 e. The zero-order valence-corrected chi connectivity index (χ0v) is 47.3. The van der Waals surface area contributed by atoms with Crippen LogP contribution in [0.3, 0.4) is 0 Å². The van der Waals surface area contributed by atoms with Gasteiger partial charge in [-0.05, 0) is 68.7 Å². The third kappa shape index (κ3) is 14.8. The van der Waals surface area contributed by atoms with E-state index < -0.39 is 28.9 Å². The molecule has 5 amide bonds. The summed E-state index contributed by atoms with van der Waals surface area (Å²) in [5, 5.41) is 11.4. The number of amides is 5. The Hall–Kier alpha value is -5.92. The molecule has 434 valence electrons. The SMILES string of the molecule is COCCOCCOCCOCCOCCOCCC(=O)N[C@H](CC(=O)N1CC2(CCCN2C(=O)CN)C1)C(=O)Nc1cccc(-c2cc3c(cc2OC)OCc2c(C(=O)N4CCOCC4(C)C)nn(-c4cc(Cl)cc(Cl)c4)c2-3)c1. The van der Waals surface area contributed by atoms with Crippen LogP contribution >= 0.6 is 23.2 Å². The van der Waals surface area contributed by atoms with Crippen LogP contribution in [-0.2, 0) is 58.9 Å². The van der Waals surface area contributed by atoms with Crippen LogP contribution in [0.4, 0.5) is 5.69 Å². The van der Waals surface area contributed by atoms with Gasteiger partial charge < -0.3 is 73.7 Å². The second-order valence-electron chi connectivity index (χ2n) is 20.4. The minimum absolute atomic E-state index is 0.0299. The Labute approximate surface area is 475 Å². The highest BCUT2D eigenvalue weighted by molar-refractivity contribution is 6.34. The molecule has 1 atom stereocenters. The summed E-state index contributed by atoms with van der Waals surface area (Å²) in [5.74, 6) is -1.02. The van der Waals surface area contributed by atoms with Crippen LogP contribution < -0.4 is 25.8 Å². The Balaban J connectivity index is 0.952. The minimum Gasteiger partial charge on any atom is -0.496 e. The third-order valence-electron chi connectivity index (χ3n) is 14.4. The van der Waals surface area contributed by atoms with Crippen LogP contribution in [0.1, 0.15) is 55.6 Å². The number of benzene rings is 3. The zero-order valence-electron chi connectivity index (χ0n) is 45.8. The number of morpholine rings is 1. The minimum atomic E-state index is -1.28. The average molecular weight is 1150 g/mol. The fraction of sp³-hybridized carbons (Fsp3) is 0.536. The standard InChI is InChI=1S/C56H72Cl2N8O14/c1-55(2)36-79-14-12-65(55)54(71)51-44-33-80-47-31-46(73-4)42(29-43(47)52(44)66(62-51)41-27-38(57)26-39(58)28-41)37-7-5-8-40(25-37)60-53(70)45(30-49(68)63-34-56(35-63)10-6-11-64(56)50(69)32-59)61-48(67)9-13-74-17-18-76-21-22-78-24-23-77-20-19-75-16-15-72-3/h5,7-8,25-29,31,45H,6,9-24,30,32-36,59H2,1-4H3,(H,60,70)(H,61,67)/t45-/m1/s1. The highest BCUT2D eigenvalue weighted by Crippen LogP contribution is 2.47. The molecular weight excluding hydrogens is 1080 g/mol. The normalized spacial score (nSPS) is 16.4. The molecule has 0 bridgehead atoms. The van der Waals surface area contributed by atoms with Crippen molar-refractivity contribution in [2.24, 2.45) is 5.73 Å². The first-order chi connectivity index (χ1) is 38.6. The lowest BCUT2D eigenvalue weighted by molar-refractivity contribution is -0.153. The molecule has 3 fully saturated rings. The summed E-state index contributed by atoms with van der Waals surface area (Å²) in [6, 6.07) is 14.5. The molecule has 3 saturated heterocycles. The fourth-order valence-corrected chi connectivity index (χ4v) is 10.8. The summed E-state index contributed by atoms with van der Waals surface area (Å²) in [5.41, 5.74) is 8.69. The largest absolute Gasteiger partial charge is 0.496 e. The second kappa shape index (κ2) is 28.2. The molecule has 0 saturated carbocycles. The van der Waals surface area contributed by atoms with Gasteiger partial charge in [0.2, 0.25) is 23.6 Å². The van der Waals surface area contributed by atoms with Crippen molar-refractivity contribution in [3.8, 4) is 39.6 Å². The number of nitrogens with two attached hydrogens (primary N) is 1. The summed E-state index contributed by atoms with van der Waals surface area (Å²) in [6.07, 6.45) is 1.10. The van der Waals surface area contributed by atoms with E-state index in [4.69, 9.17) is 76.7 Å². The number of fused-ring (bicyclic) bond motifs is 3. The van der Waals surface area contributed by atoms with E-state index in [0.717, 1.165) is 12.8 Å². The lowest BCUT2D eigenvalue weighted by Gasteiger charge is -2.52. The van der Waals surface area contributed by atoms with E-state index in [-0.39, 0.29) is 69.2 Å². The summed E-state index contributed by atoms with van der Waals surface area (Å²) < 4.78 is 52.2. The van der Waals surface area contributed by atoms with Gasteiger partial charge in [0, 0.05) is 78.2 Å². The van der Waals surface area contributed by atoms with Crippen molar-refractivity contribution in [1.82, 2.24) is 29.8 Å². The van der Waals surface area contributed by atoms with Crippen LogP contribution in [0.15, 0.2) is 54.6 Å². The number of likely N-dealkylation sites (tertiary alicyclic amines) is 2. The van der Waals surface area contributed by atoms with Crippen LogP contribution in [0.25, 0.3) is 28.1 Å². The van der Waals surface area contributed by atoms with Gasteiger partial charge in [0.15, 0.2) is 5.69 Å². The number of halogens is 2. The topological polar surface area (TPSA) is 246 Å². The summed E-state index contributed by atoms with van der Waals surface area (Å²) >= 11 is 13.1. The number of hydrogen-bond donors (Lipinski definition) is 3. The lowest BCUT2D eigenvalue weighted by atomic mass is 9.86. The molecule has 0 radical (unpaired) electrons. The van der Waals surface area contributed by atoms with Gasteiger partial charge in [-0.25, -0.2) is 4.68 Å². The predicted octanol–water partition coefficient (Wildman–Crippen LogP) is 4.76. The number of rotatable bonds is 28. The molecule has 0 aliphatic carbocycles. The van der Waals surface area contributed by atoms with Crippen LogP contribution in [0.2, 0.25) is 10.0 Å². The Morgan fingerprint density at radius 1 is 0.787 bits per heavy atom. The Morgan fingerprint density at radius 3 is 2.09 bits per heavy atom. The van der Waals surface area contributed by atoms with Gasteiger partial charge in [-0.1, -0.05) is 35.3 Å². The van der Waals surface area contributed by atoms with Gasteiger partial charge in [-0.2, -0.15) is 5.10 Å². The van der Waals surface area contributed by atoms with E-state index in [1.165, 1.54) is 7.11 Å². The van der Waals surface area contributed by atoms with Crippen molar-refractivity contribution in [2.75, 3.05) is 138 Å². The summed E-state index contributed by atoms with van der Waals surface area (Å²) in [4.78, 5) is 74.1. The number of nitrogens with zero attached hydrogens (tertiary/aromatic N) is 5. The predicted molar refractivity (Wildman–Crippen MR) is 296 cm³/mol. The van der Waals surface area contributed by atoms with Crippen molar-refractivity contribution >= 4 is 58.4 Å². The number of nitrogens with one attached hydrogen (secondary N) is 2. The molecule has 3 aromatic carbocycles. The first-order valence-corrected chi connectivity index (χ1v) is 27.6. The molecule has 24 heteroatoms. The van der Waals surface area contributed by atoms with Crippen molar-refractivity contribution in [3.63, 3.8) is 0 Å². The first-order valence-electron chi connectivity index (χ1n) is 26.8. The molecule has 4 aliphatic rings. The highest BCUT2D eigenvalue weighted by atomic mass is 35.5. The van der Waals surface area contributed by atoms with E-state index in [1.807, 2.05) is 26.0 Å². The zero-order chi connectivity index (χ0) is 56.8. The maximum atomic E-state index is 14.5. The molecule has 4 aliphatic heterocycles. The molecule has 80 heavy (non-hydrogen) atoms. The molecule has 4 aromatic rings. The smallest absolute Gasteiger partial charge is 0.275 e. The summed E-state index contributed by atoms with van der Waals surface area (Å²) in [6.45, 7) is 10.2. The molecule has 0 unspecified atom stereocenters. The number of anilines is 1. The van der Waals surface area contributed by atoms with Gasteiger partial charge in [-0.15, -0.1) is 0 Å². The molecule has 5 heterocycles. The Kier molecular flexibility index (Phi) is 21.2. The quantitative estimate of drug-likeness (QED) is 0.0649. The van der Waals surface area contributed by atoms with E-state index in [0.29, 0.717) is 153 Å². The number of carbonyl (C=O) groups excluding carboxylic acids is 5.